The number of hydrogen-bond donors (Lipinski definition) is 1. The molecule has 0 radical (unpaired) electrons. The first-order chi connectivity index (χ1) is 12.1. The lowest BCUT2D eigenvalue weighted by atomic mass is 10.1. The molecule has 130 valence electrons. The molecule has 0 aliphatic carbocycles. The van der Waals surface area contributed by atoms with E-state index in [1.165, 1.54) is 18.4 Å². The molecular formula is C18H18N2O4S. The molecule has 0 saturated carbocycles. The molecule has 1 N–H and O–H groups in total. The Kier molecular flexibility index (Phi) is 5.14. The third-order valence-corrected chi connectivity index (χ3v) is 4.92. The fraction of sp³-hybridized carbons (Fsp3) is 0.278. The fourth-order valence-corrected chi connectivity index (χ4v) is 3.54. The zero-order valence-electron chi connectivity index (χ0n) is 13.8. The van der Waals surface area contributed by atoms with Crippen molar-refractivity contribution in [3.8, 4) is 0 Å². The van der Waals surface area contributed by atoms with Gasteiger partial charge in [-0.05, 0) is 36.2 Å². The number of carbonyl (C=O) groups is 3. The maximum absolute atomic E-state index is 12.1. The van der Waals surface area contributed by atoms with Crippen LogP contribution < -0.4 is 10.2 Å². The minimum Gasteiger partial charge on any atom is -0.465 e. The summed E-state index contributed by atoms with van der Waals surface area (Å²) in [4.78, 5) is 37.5. The number of thiophene rings is 1. The van der Waals surface area contributed by atoms with Crippen LogP contribution in [0.1, 0.15) is 28.1 Å². The van der Waals surface area contributed by atoms with Crippen molar-refractivity contribution in [2.24, 2.45) is 0 Å². The molecule has 2 aromatic rings. The van der Waals surface area contributed by atoms with Gasteiger partial charge in [0, 0.05) is 18.7 Å². The van der Waals surface area contributed by atoms with E-state index in [2.05, 4.69) is 10.1 Å². The highest BCUT2D eigenvalue weighted by molar-refractivity contribution is 7.18. The second-order valence-corrected chi connectivity index (χ2v) is 6.78. The van der Waals surface area contributed by atoms with E-state index < -0.39 is 5.97 Å². The van der Waals surface area contributed by atoms with Gasteiger partial charge in [0.05, 0.1) is 18.5 Å². The number of nitrogens with zero attached hydrogens (tertiary/aromatic N) is 1. The molecule has 1 aromatic heterocycles. The van der Waals surface area contributed by atoms with Gasteiger partial charge in [-0.25, -0.2) is 4.79 Å². The van der Waals surface area contributed by atoms with Gasteiger partial charge < -0.3 is 15.0 Å². The van der Waals surface area contributed by atoms with Crippen LogP contribution >= 0.6 is 11.3 Å². The van der Waals surface area contributed by atoms with Crippen LogP contribution in [0.4, 0.5) is 10.7 Å². The monoisotopic (exact) mass is 358 g/mol. The van der Waals surface area contributed by atoms with E-state index >= 15 is 0 Å². The minimum absolute atomic E-state index is 0.143. The molecule has 6 nitrogen and oxygen atoms in total. The van der Waals surface area contributed by atoms with Crippen LogP contribution in [0.25, 0.3) is 0 Å². The van der Waals surface area contributed by atoms with Gasteiger partial charge >= 0.3 is 5.97 Å². The van der Waals surface area contributed by atoms with Crippen LogP contribution in [-0.2, 0) is 20.7 Å². The van der Waals surface area contributed by atoms with Gasteiger partial charge in [-0.15, -0.1) is 11.3 Å². The summed E-state index contributed by atoms with van der Waals surface area (Å²) < 4.78 is 4.64. The van der Waals surface area contributed by atoms with Crippen molar-refractivity contribution in [1.29, 1.82) is 0 Å². The summed E-state index contributed by atoms with van der Waals surface area (Å²) in [6.45, 7) is 0.750. The Morgan fingerprint density at radius 1 is 1.20 bits per heavy atom. The van der Waals surface area contributed by atoms with E-state index in [1.54, 1.807) is 17.0 Å². The summed E-state index contributed by atoms with van der Waals surface area (Å²) >= 11 is 1.17. The second kappa shape index (κ2) is 7.48. The average Bonchev–Trinajstić information content (AvgIpc) is 3.24. The van der Waals surface area contributed by atoms with Crippen molar-refractivity contribution in [3.63, 3.8) is 0 Å². The molecule has 0 bridgehead atoms. The number of rotatable bonds is 5. The first kappa shape index (κ1) is 17.2. The molecule has 0 unspecified atom stereocenters. The molecule has 2 amide bonds. The Labute approximate surface area is 149 Å². The third kappa shape index (κ3) is 4.06. The Hall–Kier alpha value is -2.67. The second-order valence-electron chi connectivity index (χ2n) is 5.70. The van der Waals surface area contributed by atoms with Crippen LogP contribution in [-0.4, -0.2) is 31.4 Å². The van der Waals surface area contributed by atoms with Crippen molar-refractivity contribution in [2.75, 3.05) is 23.9 Å². The summed E-state index contributed by atoms with van der Waals surface area (Å²) in [5.41, 5.74) is 1.73. The number of hydrogen-bond acceptors (Lipinski definition) is 5. The number of esters is 1. The van der Waals surface area contributed by atoms with Crippen molar-refractivity contribution in [2.45, 2.75) is 19.3 Å². The topological polar surface area (TPSA) is 75.7 Å². The lowest BCUT2D eigenvalue weighted by molar-refractivity contribution is -0.117. The molecular weight excluding hydrogens is 340 g/mol. The Morgan fingerprint density at radius 3 is 2.60 bits per heavy atom. The van der Waals surface area contributed by atoms with Crippen molar-refractivity contribution in [3.05, 3.63) is 46.8 Å². The molecule has 7 heteroatoms. The smallest absolute Gasteiger partial charge is 0.348 e. The highest BCUT2D eigenvalue weighted by atomic mass is 32.1. The Balaban J connectivity index is 1.58. The maximum atomic E-state index is 12.1. The highest BCUT2D eigenvalue weighted by Crippen LogP contribution is 2.24. The van der Waals surface area contributed by atoms with Crippen LogP contribution in [0.2, 0.25) is 0 Å². The zero-order valence-corrected chi connectivity index (χ0v) is 14.6. The molecule has 3 rings (SSSR count). The Morgan fingerprint density at radius 2 is 1.96 bits per heavy atom. The van der Waals surface area contributed by atoms with Crippen LogP contribution in [0.3, 0.4) is 0 Å². The fourth-order valence-electron chi connectivity index (χ4n) is 2.70. The summed E-state index contributed by atoms with van der Waals surface area (Å²) in [6, 6.07) is 10.7. The number of benzene rings is 1. The summed E-state index contributed by atoms with van der Waals surface area (Å²) in [5, 5.41) is 3.38. The number of carbonyl (C=O) groups excluding carboxylic acids is 3. The maximum Gasteiger partial charge on any atom is 0.348 e. The SMILES string of the molecule is COC(=O)c1ccc(NC(=O)Cc2ccc(N3CCCC3=O)cc2)s1. The van der Waals surface area contributed by atoms with Gasteiger partial charge in [0.25, 0.3) is 0 Å². The van der Waals surface area contributed by atoms with Gasteiger partial charge in [0.15, 0.2) is 0 Å². The number of methoxy groups -OCH3 is 1. The van der Waals surface area contributed by atoms with E-state index in [0.29, 0.717) is 16.3 Å². The normalized spacial score (nSPS) is 13.8. The van der Waals surface area contributed by atoms with Crippen molar-refractivity contribution >= 4 is 39.8 Å². The molecule has 1 saturated heterocycles. The molecule has 1 fully saturated rings. The van der Waals surface area contributed by atoms with Gasteiger partial charge in [-0.2, -0.15) is 0 Å². The summed E-state index contributed by atoms with van der Waals surface area (Å²) in [6.07, 6.45) is 1.70. The van der Waals surface area contributed by atoms with E-state index in [1.807, 2.05) is 24.3 Å². The number of nitrogens with one attached hydrogen (secondary N) is 1. The quantitative estimate of drug-likeness (QED) is 0.834. The molecule has 1 aliphatic heterocycles. The van der Waals surface area contributed by atoms with E-state index in [9.17, 15) is 14.4 Å². The van der Waals surface area contributed by atoms with E-state index in [0.717, 1.165) is 24.2 Å². The molecule has 0 spiro atoms. The minimum atomic E-state index is -0.419. The molecule has 1 aliphatic rings. The standard InChI is InChI=1S/C18H18N2O4S/c1-24-18(23)14-8-9-16(25-14)19-15(21)11-12-4-6-13(7-5-12)20-10-2-3-17(20)22/h4-9H,2-3,10-11H2,1H3,(H,19,21). The summed E-state index contributed by atoms with van der Waals surface area (Å²) in [7, 11) is 1.32. The van der Waals surface area contributed by atoms with Crippen LogP contribution in [0.5, 0.6) is 0 Å². The van der Waals surface area contributed by atoms with Crippen LogP contribution in [0.15, 0.2) is 36.4 Å². The molecule has 1 aromatic carbocycles. The Bertz CT molecular complexity index is 798. The average molecular weight is 358 g/mol. The van der Waals surface area contributed by atoms with E-state index in [4.69, 9.17) is 0 Å². The van der Waals surface area contributed by atoms with Gasteiger partial charge in [0.1, 0.15) is 4.88 Å². The molecule has 0 atom stereocenters. The molecule has 2 heterocycles. The molecule has 25 heavy (non-hydrogen) atoms. The van der Waals surface area contributed by atoms with Gasteiger partial charge in [-0.1, -0.05) is 12.1 Å². The predicted molar refractivity (Wildman–Crippen MR) is 96.0 cm³/mol. The van der Waals surface area contributed by atoms with Crippen molar-refractivity contribution < 1.29 is 19.1 Å². The van der Waals surface area contributed by atoms with Crippen molar-refractivity contribution in [1.82, 2.24) is 0 Å². The van der Waals surface area contributed by atoms with Crippen LogP contribution in [0, 0.1) is 0 Å². The third-order valence-electron chi connectivity index (χ3n) is 3.94. The zero-order chi connectivity index (χ0) is 17.8. The lowest BCUT2D eigenvalue weighted by Crippen LogP contribution is -2.23. The first-order valence-electron chi connectivity index (χ1n) is 7.94. The largest absolute Gasteiger partial charge is 0.465 e. The predicted octanol–water partition coefficient (Wildman–Crippen LogP) is 2.84. The van der Waals surface area contributed by atoms with Gasteiger partial charge in [-0.3, -0.25) is 9.59 Å². The highest BCUT2D eigenvalue weighted by Gasteiger charge is 2.21. The first-order valence-corrected chi connectivity index (χ1v) is 8.76. The number of ether oxygens (including phenoxy) is 1. The van der Waals surface area contributed by atoms with E-state index in [-0.39, 0.29) is 18.2 Å². The lowest BCUT2D eigenvalue weighted by Gasteiger charge is -2.15. The number of amides is 2. The number of anilines is 2. The van der Waals surface area contributed by atoms with Gasteiger partial charge in [0.2, 0.25) is 11.8 Å². The summed E-state index contributed by atoms with van der Waals surface area (Å²) in [5.74, 6) is -0.439.